The zero-order chi connectivity index (χ0) is 16.4. The summed E-state index contributed by atoms with van der Waals surface area (Å²) in [6.07, 6.45) is 4.11. The maximum Gasteiger partial charge on any atom is 0.227 e. The number of nitrogens with zero attached hydrogens (tertiary/aromatic N) is 2. The van der Waals surface area contributed by atoms with Gasteiger partial charge in [0.2, 0.25) is 15.9 Å². The van der Waals surface area contributed by atoms with E-state index in [0.29, 0.717) is 39.0 Å². The topological polar surface area (TPSA) is 73.5 Å². The number of aromatic nitrogens is 1. The Kier molecular flexibility index (Phi) is 4.41. The first-order valence-electron chi connectivity index (χ1n) is 7.73. The molecular formula is C16H21N3O3S. The number of carbonyl (C=O) groups excluding carboxylic acids is 1. The number of sulfonamides is 1. The molecule has 124 valence electrons. The molecule has 1 amide bonds. The maximum atomic E-state index is 12.6. The van der Waals surface area contributed by atoms with Gasteiger partial charge in [0.1, 0.15) is 0 Å². The molecule has 1 aromatic carbocycles. The predicted octanol–water partition coefficient (Wildman–Crippen LogP) is 1.20. The van der Waals surface area contributed by atoms with E-state index in [0.717, 1.165) is 16.5 Å². The number of para-hydroxylation sites is 1. The largest absolute Gasteiger partial charge is 0.361 e. The van der Waals surface area contributed by atoms with Gasteiger partial charge in [0, 0.05) is 43.3 Å². The molecular weight excluding hydrogens is 314 g/mol. The van der Waals surface area contributed by atoms with Gasteiger partial charge >= 0.3 is 0 Å². The van der Waals surface area contributed by atoms with Crippen molar-refractivity contribution in [2.75, 3.05) is 32.4 Å². The van der Waals surface area contributed by atoms with E-state index < -0.39 is 10.0 Å². The SMILES string of the molecule is CS(=O)(=O)N1CCCN(C(=O)Cc2c[nH]c3ccccc23)CC1. The Morgan fingerprint density at radius 3 is 2.74 bits per heavy atom. The summed E-state index contributed by atoms with van der Waals surface area (Å²) in [4.78, 5) is 17.5. The van der Waals surface area contributed by atoms with Crippen LogP contribution in [0.25, 0.3) is 10.9 Å². The lowest BCUT2D eigenvalue weighted by Gasteiger charge is -2.21. The summed E-state index contributed by atoms with van der Waals surface area (Å²) in [5.41, 5.74) is 2.00. The quantitative estimate of drug-likeness (QED) is 0.916. The minimum Gasteiger partial charge on any atom is -0.361 e. The lowest BCUT2D eigenvalue weighted by Crippen LogP contribution is -2.37. The van der Waals surface area contributed by atoms with Crippen LogP contribution in [0.5, 0.6) is 0 Å². The number of carbonyl (C=O) groups is 1. The Labute approximate surface area is 136 Å². The third-order valence-corrected chi connectivity index (χ3v) is 5.60. The number of H-pyrrole nitrogens is 1. The van der Waals surface area contributed by atoms with Crippen molar-refractivity contribution in [3.63, 3.8) is 0 Å². The summed E-state index contributed by atoms with van der Waals surface area (Å²) in [5, 5.41) is 1.06. The molecule has 23 heavy (non-hydrogen) atoms. The first-order valence-corrected chi connectivity index (χ1v) is 9.58. The molecule has 1 fully saturated rings. The lowest BCUT2D eigenvalue weighted by molar-refractivity contribution is -0.130. The van der Waals surface area contributed by atoms with Gasteiger partial charge in [-0.05, 0) is 18.1 Å². The van der Waals surface area contributed by atoms with Gasteiger partial charge in [-0.3, -0.25) is 4.79 Å². The highest BCUT2D eigenvalue weighted by molar-refractivity contribution is 7.88. The van der Waals surface area contributed by atoms with Gasteiger partial charge in [-0.1, -0.05) is 18.2 Å². The second kappa shape index (κ2) is 6.33. The minimum atomic E-state index is -3.19. The highest BCUT2D eigenvalue weighted by Gasteiger charge is 2.24. The average molecular weight is 335 g/mol. The summed E-state index contributed by atoms with van der Waals surface area (Å²) >= 11 is 0. The van der Waals surface area contributed by atoms with Gasteiger partial charge in [-0.15, -0.1) is 0 Å². The second-order valence-electron chi connectivity index (χ2n) is 5.93. The molecule has 0 bridgehead atoms. The van der Waals surface area contributed by atoms with Crippen molar-refractivity contribution in [1.29, 1.82) is 0 Å². The van der Waals surface area contributed by atoms with E-state index in [9.17, 15) is 13.2 Å². The fourth-order valence-corrected chi connectivity index (χ4v) is 3.90. The highest BCUT2D eigenvalue weighted by atomic mass is 32.2. The molecule has 0 aliphatic carbocycles. The molecule has 0 atom stereocenters. The zero-order valence-corrected chi connectivity index (χ0v) is 14.0. The number of aromatic amines is 1. The molecule has 1 aliphatic rings. The van der Waals surface area contributed by atoms with E-state index >= 15 is 0 Å². The van der Waals surface area contributed by atoms with E-state index in [4.69, 9.17) is 0 Å². The van der Waals surface area contributed by atoms with Crippen LogP contribution < -0.4 is 0 Å². The molecule has 2 heterocycles. The summed E-state index contributed by atoms with van der Waals surface area (Å²) in [6, 6.07) is 7.90. The van der Waals surface area contributed by atoms with E-state index in [1.807, 2.05) is 30.5 Å². The fourth-order valence-electron chi connectivity index (χ4n) is 3.03. The average Bonchev–Trinajstić information content (AvgIpc) is 2.74. The normalized spacial score (nSPS) is 17.3. The summed E-state index contributed by atoms with van der Waals surface area (Å²) in [6.45, 7) is 1.91. The van der Waals surface area contributed by atoms with Crippen molar-refractivity contribution in [3.8, 4) is 0 Å². The van der Waals surface area contributed by atoms with Crippen molar-refractivity contribution >= 4 is 26.8 Å². The van der Waals surface area contributed by atoms with Crippen LogP contribution in [0.15, 0.2) is 30.5 Å². The first kappa shape index (κ1) is 16.0. The summed E-state index contributed by atoms with van der Waals surface area (Å²) in [5.74, 6) is 0.0464. The van der Waals surface area contributed by atoms with Gasteiger partial charge in [-0.2, -0.15) is 0 Å². The van der Waals surface area contributed by atoms with Crippen molar-refractivity contribution in [2.24, 2.45) is 0 Å². The lowest BCUT2D eigenvalue weighted by atomic mass is 10.1. The molecule has 1 saturated heterocycles. The van der Waals surface area contributed by atoms with Crippen molar-refractivity contribution < 1.29 is 13.2 Å². The molecule has 0 saturated carbocycles. The number of fused-ring (bicyclic) bond motifs is 1. The van der Waals surface area contributed by atoms with Crippen LogP contribution in [0, 0.1) is 0 Å². The van der Waals surface area contributed by atoms with Crippen molar-refractivity contribution in [2.45, 2.75) is 12.8 Å². The molecule has 1 N–H and O–H groups in total. The Balaban J connectivity index is 1.69. The molecule has 7 heteroatoms. The third-order valence-electron chi connectivity index (χ3n) is 4.29. The van der Waals surface area contributed by atoms with Crippen molar-refractivity contribution in [1.82, 2.24) is 14.2 Å². The number of benzene rings is 1. The van der Waals surface area contributed by atoms with E-state index in [1.165, 1.54) is 10.6 Å². The molecule has 0 spiro atoms. The number of nitrogens with one attached hydrogen (secondary N) is 1. The van der Waals surface area contributed by atoms with Crippen LogP contribution in [0.4, 0.5) is 0 Å². The van der Waals surface area contributed by atoms with Crippen LogP contribution in [0.2, 0.25) is 0 Å². The predicted molar refractivity (Wildman–Crippen MR) is 89.6 cm³/mol. The number of rotatable bonds is 3. The minimum absolute atomic E-state index is 0.0464. The molecule has 1 aromatic heterocycles. The van der Waals surface area contributed by atoms with Crippen LogP contribution in [-0.4, -0.2) is 60.9 Å². The second-order valence-corrected chi connectivity index (χ2v) is 7.92. The monoisotopic (exact) mass is 335 g/mol. The van der Waals surface area contributed by atoms with Crippen molar-refractivity contribution in [3.05, 3.63) is 36.0 Å². The van der Waals surface area contributed by atoms with E-state index in [2.05, 4.69) is 4.98 Å². The Bertz CT molecular complexity index is 813. The third kappa shape index (κ3) is 3.56. The molecule has 6 nitrogen and oxygen atoms in total. The van der Waals surface area contributed by atoms with Gasteiger partial charge in [0.25, 0.3) is 0 Å². The van der Waals surface area contributed by atoms with Crippen LogP contribution in [0.1, 0.15) is 12.0 Å². The molecule has 0 unspecified atom stereocenters. The standard InChI is InChI=1S/C16H21N3O3S/c1-23(21,22)19-8-4-7-18(9-10-19)16(20)11-13-12-17-15-6-3-2-5-14(13)15/h2-3,5-6,12,17H,4,7-11H2,1H3. The fraction of sp³-hybridized carbons (Fsp3) is 0.438. The van der Waals surface area contributed by atoms with Crippen LogP contribution in [-0.2, 0) is 21.2 Å². The van der Waals surface area contributed by atoms with Gasteiger partial charge < -0.3 is 9.88 Å². The number of amides is 1. The molecule has 0 radical (unpaired) electrons. The molecule has 2 aromatic rings. The zero-order valence-electron chi connectivity index (χ0n) is 13.2. The summed E-state index contributed by atoms with van der Waals surface area (Å²) in [7, 11) is -3.19. The van der Waals surface area contributed by atoms with Crippen LogP contribution >= 0.6 is 0 Å². The molecule has 3 rings (SSSR count). The maximum absolute atomic E-state index is 12.6. The Morgan fingerprint density at radius 2 is 1.96 bits per heavy atom. The Hall–Kier alpha value is -1.86. The molecule has 1 aliphatic heterocycles. The van der Waals surface area contributed by atoms with Gasteiger partial charge in [0.05, 0.1) is 12.7 Å². The number of hydrogen-bond acceptors (Lipinski definition) is 3. The van der Waals surface area contributed by atoms with Gasteiger partial charge in [0.15, 0.2) is 0 Å². The van der Waals surface area contributed by atoms with E-state index in [-0.39, 0.29) is 5.91 Å². The summed E-state index contributed by atoms with van der Waals surface area (Å²) < 4.78 is 24.7. The number of hydrogen-bond donors (Lipinski definition) is 1. The highest BCUT2D eigenvalue weighted by Crippen LogP contribution is 2.19. The van der Waals surface area contributed by atoms with Gasteiger partial charge in [-0.25, -0.2) is 12.7 Å². The Morgan fingerprint density at radius 1 is 1.17 bits per heavy atom. The first-order chi connectivity index (χ1) is 10.9. The van der Waals surface area contributed by atoms with E-state index in [1.54, 1.807) is 4.90 Å². The van der Waals surface area contributed by atoms with Crippen LogP contribution in [0.3, 0.4) is 0 Å². The smallest absolute Gasteiger partial charge is 0.227 e.